The molecule has 0 aliphatic carbocycles. The number of likely N-dealkylation sites (tertiary alicyclic amines) is 1. The third-order valence-electron chi connectivity index (χ3n) is 4.88. The fourth-order valence-corrected chi connectivity index (χ4v) is 4.45. The van der Waals surface area contributed by atoms with Crippen molar-refractivity contribution in [2.24, 2.45) is 5.92 Å². The summed E-state index contributed by atoms with van der Waals surface area (Å²) in [5.74, 6) is 0.406. The molecule has 0 aromatic carbocycles. The quantitative estimate of drug-likeness (QED) is 0.909. The third kappa shape index (κ3) is 3.89. The average molecular weight is 358 g/mol. The zero-order valence-electron chi connectivity index (χ0n) is 14.2. The van der Waals surface area contributed by atoms with Gasteiger partial charge in [-0.3, -0.25) is 14.7 Å². The van der Waals surface area contributed by atoms with E-state index in [1.165, 1.54) is 0 Å². The second-order valence-electron chi connectivity index (χ2n) is 6.80. The van der Waals surface area contributed by atoms with Crippen molar-refractivity contribution in [1.82, 2.24) is 14.9 Å². The minimum absolute atomic E-state index is 0.0653. The number of nitrogens with zero attached hydrogens (tertiary/aromatic N) is 3. The zero-order valence-corrected chi connectivity index (χ0v) is 15.0. The monoisotopic (exact) mass is 358 g/mol. The van der Waals surface area contributed by atoms with Gasteiger partial charge >= 0.3 is 0 Å². The highest BCUT2D eigenvalue weighted by molar-refractivity contribution is 7.09. The first-order valence-electron chi connectivity index (χ1n) is 8.67. The van der Waals surface area contributed by atoms with Gasteiger partial charge in [0, 0.05) is 23.8 Å². The normalized spacial score (nSPS) is 26.4. The van der Waals surface area contributed by atoms with E-state index in [0.717, 1.165) is 43.2 Å². The summed E-state index contributed by atoms with van der Waals surface area (Å²) in [6.45, 7) is 4.81. The number of aromatic nitrogens is 2. The minimum atomic E-state index is -0.364. The molecule has 2 aromatic heterocycles. The highest BCUT2D eigenvalue weighted by Gasteiger charge is 2.41. The van der Waals surface area contributed by atoms with Crippen molar-refractivity contribution >= 4 is 22.9 Å². The van der Waals surface area contributed by atoms with E-state index in [0.29, 0.717) is 11.6 Å². The van der Waals surface area contributed by atoms with Crippen LogP contribution < -0.4 is 5.32 Å². The molecule has 1 amide bonds. The maximum atomic E-state index is 12.4. The molecule has 4 heterocycles. The highest BCUT2D eigenvalue weighted by Crippen LogP contribution is 2.34. The van der Waals surface area contributed by atoms with Crippen LogP contribution in [0.2, 0.25) is 0 Å². The van der Waals surface area contributed by atoms with Crippen LogP contribution >= 0.6 is 11.3 Å². The summed E-state index contributed by atoms with van der Waals surface area (Å²) in [6.07, 6.45) is 5.00. The topological polar surface area (TPSA) is 67.4 Å². The van der Waals surface area contributed by atoms with Crippen LogP contribution in [-0.2, 0) is 16.1 Å². The number of thiazole rings is 1. The molecule has 3 atom stereocenters. The molecule has 2 aliphatic rings. The van der Waals surface area contributed by atoms with Crippen LogP contribution in [0.15, 0.2) is 29.9 Å². The Hall–Kier alpha value is -1.83. The number of fused-ring (bicyclic) bond motifs is 1. The summed E-state index contributed by atoms with van der Waals surface area (Å²) in [4.78, 5) is 23.4. The molecule has 132 valence electrons. The van der Waals surface area contributed by atoms with E-state index in [-0.39, 0.29) is 18.1 Å². The summed E-state index contributed by atoms with van der Waals surface area (Å²) in [7, 11) is 0. The Morgan fingerprint density at radius 1 is 1.52 bits per heavy atom. The predicted octanol–water partition coefficient (Wildman–Crippen LogP) is 2.46. The molecule has 1 N–H and O–H groups in total. The number of anilines is 1. The zero-order chi connectivity index (χ0) is 17.2. The van der Waals surface area contributed by atoms with Gasteiger partial charge in [-0.05, 0) is 44.4 Å². The molecular weight excluding hydrogens is 336 g/mol. The Kier molecular flexibility index (Phi) is 4.78. The molecule has 2 aliphatic heterocycles. The van der Waals surface area contributed by atoms with Crippen molar-refractivity contribution in [3.05, 3.63) is 40.6 Å². The SMILES string of the molecule is Cc1csc(CN2CC[C@@H]3C[C@H](C(=O)Nc4cccnc4)O[C@H]3C2)n1. The lowest BCUT2D eigenvalue weighted by molar-refractivity contribution is -0.127. The Bertz CT molecular complexity index is 736. The van der Waals surface area contributed by atoms with Gasteiger partial charge in [0.25, 0.3) is 5.91 Å². The third-order valence-corrected chi connectivity index (χ3v) is 5.83. The lowest BCUT2D eigenvalue weighted by atomic mass is 9.91. The number of hydrogen-bond donors (Lipinski definition) is 1. The van der Waals surface area contributed by atoms with Crippen LogP contribution in [0.25, 0.3) is 0 Å². The number of nitrogens with one attached hydrogen (secondary N) is 1. The second-order valence-corrected chi connectivity index (χ2v) is 7.74. The van der Waals surface area contributed by atoms with E-state index in [1.807, 2.05) is 19.1 Å². The predicted molar refractivity (Wildman–Crippen MR) is 96.4 cm³/mol. The number of pyridine rings is 1. The van der Waals surface area contributed by atoms with Crippen molar-refractivity contribution in [3.8, 4) is 0 Å². The number of ether oxygens (including phenoxy) is 1. The summed E-state index contributed by atoms with van der Waals surface area (Å²) < 4.78 is 6.08. The highest BCUT2D eigenvalue weighted by atomic mass is 32.1. The van der Waals surface area contributed by atoms with E-state index < -0.39 is 0 Å². The van der Waals surface area contributed by atoms with Crippen LogP contribution in [0.5, 0.6) is 0 Å². The summed E-state index contributed by atoms with van der Waals surface area (Å²) in [5, 5.41) is 6.14. The molecule has 2 aromatic rings. The minimum Gasteiger partial charge on any atom is -0.364 e. The lowest BCUT2D eigenvalue weighted by Crippen LogP contribution is -2.41. The largest absolute Gasteiger partial charge is 0.364 e. The molecular formula is C18H22N4O2S. The number of aryl methyl sites for hydroxylation is 1. The Labute approximate surface area is 151 Å². The standard InChI is InChI=1S/C18H22N4O2S/c1-12-11-25-17(20-12)10-22-6-4-13-7-15(24-16(13)9-22)18(23)21-14-3-2-5-19-8-14/h2-3,5,8,11,13,15-16H,4,6-7,9-10H2,1H3,(H,21,23)/t13-,15-,16+/m1/s1. The van der Waals surface area contributed by atoms with Crippen LogP contribution in [0, 0.1) is 12.8 Å². The molecule has 0 spiro atoms. The maximum Gasteiger partial charge on any atom is 0.253 e. The first-order chi connectivity index (χ1) is 12.2. The molecule has 6 nitrogen and oxygen atoms in total. The molecule has 0 saturated carbocycles. The van der Waals surface area contributed by atoms with Gasteiger partial charge in [-0.2, -0.15) is 0 Å². The van der Waals surface area contributed by atoms with Gasteiger partial charge in [0.05, 0.1) is 24.5 Å². The molecule has 0 radical (unpaired) electrons. The van der Waals surface area contributed by atoms with E-state index in [1.54, 1.807) is 23.7 Å². The maximum absolute atomic E-state index is 12.4. The molecule has 0 unspecified atom stereocenters. The van der Waals surface area contributed by atoms with Gasteiger partial charge in [0.15, 0.2) is 0 Å². The summed E-state index contributed by atoms with van der Waals surface area (Å²) in [5.41, 5.74) is 1.80. The molecule has 2 saturated heterocycles. The van der Waals surface area contributed by atoms with E-state index in [9.17, 15) is 4.79 Å². The van der Waals surface area contributed by atoms with E-state index >= 15 is 0 Å². The smallest absolute Gasteiger partial charge is 0.253 e. The van der Waals surface area contributed by atoms with Gasteiger partial charge < -0.3 is 10.1 Å². The van der Waals surface area contributed by atoms with Crippen molar-refractivity contribution in [3.63, 3.8) is 0 Å². The van der Waals surface area contributed by atoms with Crippen LogP contribution in [0.4, 0.5) is 5.69 Å². The van der Waals surface area contributed by atoms with Crippen LogP contribution in [0.3, 0.4) is 0 Å². The van der Waals surface area contributed by atoms with Crippen LogP contribution in [0.1, 0.15) is 23.5 Å². The molecule has 7 heteroatoms. The van der Waals surface area contributed by atoms with Crippen molar-refractivity contribution in [2.45, 2.75) is 38.5 Å². The lowest BCUT2D eigenvalue weighted by Gasteiger charge is -2.33. The molecule has 0 bridgehead atoms. The summed E-state index contributed by atoms with van der Waals surface area (Å²) in [6, 6.07) is 3.65. The van der Waals surface area contributed by atoms with Crippen LogP contribution in [-0.4, -0.2) is 46.1 Å². The summed E-state index contributed by atoms with van der Waals surface area (Å²) >= 11 is 1.71. The Morgan fingerprint density at radius 3 is 3.20 bits per heavy atom. The van der Waals surface area contributed by atoms with Gasteiger partial charge in [-0.1, -0.05) is 0 Å². The molecule has 25 heavy (non-hydrogen) atoms. The van der Waals surface area contributed by atoms with E-state index in [2.05, 4.69) is 25.6 Å². The number of piperidine rings is 1. The number of carbonyl (C=O) groups is 1. The number of rotatable bonds is 4. The molecule has 2 fully saturated rings. The van der Waals surface area contributed by atoms with Crippen molar-refractivity contribution in [1.29, 1.82) is 0 Å². The number of carbonyl (C=O) groups excluding carboxylic acids is 1. The fraction of sp³-hybridized carbons (Fsp3) is 0.500. The number of hydrogen-bond acceptors (Lipinski definition) is 6. The Morgan fingerprint density at radius 2 is 2.44 bits per heavy atom. The molecule has 4 rings (SSSR count). The first kappa shape index (κ1) is 16.6. The van der Waals surface area contributed by atoms with Gasteiger partial charge in [0.2, 0.25) is 0 Å². The number of amides is 1. The Balaban J connectivity index is 1.33. The van der Waals surface area contributed by atoms with Gasteiger partial charge in [-0.25, -0.2) is 4.98 Å². The van der Waals surface area contributed by atoms with Crippen molar-refractivity contribution in [2.75, 3.05) is 18.4 Å². The second kappa shape index (κ2) is 7.19. The van der Waals surface area contributed by atoms with Crippen molar-refractivity contribution < 1.29 is 9.53 Å². The average Bonchev–Trinajstić information content (AvgIpc) is 3.21. The van der Waals surface area contributed by atoms with Gasteiger partial charge in [-0.15, -0.1) is 11.3 Å². The van der Waals surface area contributed by atoms with Gasteiger partial charge in [0.1, 0.15) is 11.1 Å². The van der Waals surface area contributed by atoms with E-state index in [4.69, 9.17) is 4.74 Å². The fourth-order valence-electron chi connectivity index (χ4n) is 3.63. The first-order valence-corrected chi connectivity index (χ1v) is 9.55.